The van der Waals surface area contributed by atoms with Gasteiger partial charge in [0.1, 0.15) is 11.9 Å². The van der Waals surface area contributed by atoms with Crippen LogP contribution in [0, 0.1) is 15.5 Å². The largest absolute Gasteiger partial charge is 0.514 e. The van der Waals surface area contributed by atoms with E-state index in [0.717, 1.165) is 0 Å². The van der Waals surface area contributed by atoms with Crippen molar-refractivity contribution < 1.29 is 29.1 Å². The van der Waals surface area contributed by atoms with Gasteiger partial charge in [-0.1, -0.05) is 6.08 Å². The predicted octanol–water partition coefficient (Wildman–Crippen LogP) is 3.70. The van der Waals surface area contributed by atoms with Crippen LogP contribution in [0.25, 0.3) is 0 Å². The van der Waals surface area contributed by atoms with Crippen molar-refractivity contribution in [1.82, 2.24) is 0 Å². The third-order valence-corrected chi connectivity index (χ3v) is 4.21. The molecule has 134 valence electrons. The summed E-state index contributed by atoms with van der Waals surface area (Å²) < 4.78 is 10.2. The van der Waals surface area contributed by atoms with Crippen molar-refractivity contribution in [3.05, 3.63) is 46.5 Å². The maximum absolute atomic E-state index is 11.9. The fourth-order valence-corrected chi connectivity index (χ4v) is 2.52. The van der Waals surface area contributed by atoms with Crippen molar-refractivity contribution in [2.45, 2.75) is 38.7 Å². The second-order valence-corrected chi connectivity index (χ2v) is 6.13. The van der Waals surface area contributed by atoms with Crippen LogP contribution >= 0.6 is 0 Å². The average Bonchev–Trinajstić information content (AvgIpc) is 2.54. The van der Waals surface area contributed by atoms with Gasteiger partial charge in [-0.15, -0.1) is 0 Å². The summed E-state index contributed by atoms with van der Waals surface area (Å²) in [5.74, 6) is -0.740. The van der Waals surface area contributed by atoms with Crippen LogP contribution in [0.15, 0.2) is 36.4 Å². The van der Waals surface area contributed by atoms with Gasteiger partial charge in [-0.2, -0.15) is 0 Å². The summed E-state index contributed by atoms with van der Waals surface area (Å²) in [5, 5.41) is 19.9. The lowest BCUT2D eigenvalue weighted by Gasteiger charge is -2.27. The molecule has 25 heavy (non-hydrogen) atoms. The molecule has 0 aliphatic heterocycles. The molecular weight excluding hydrogens is 330 g/mol. The highest BCUT2D eigenvalue weighted by Crippen LogP contribution is 2.33. The Bertz CT molecular complexity index is 683. The molecule has 1 N–H and O–H groups in total. The van der Waals surface area contributed by atoms with E-state index in [9.17, 15) is 24.8 Å². The molecule has 8 heteroatoms. The van der Waals surface area contributed by atoms with E-state index in [2.05, 4.69) is 0 Å². The van der Waals surface area contributed by atoms with Crippen LogP contribution in [0.1, 0.15) is 32.6 Å². The number of carboxylic acids is 1. The van der Waals surface area contributed by atoms with Gasteiger partial charge in [-0.3, -0.25) is 14.9 Å². The highest BCUT2D eigenvalue weighted by atomic mass is 16.7. The molecule has 0 bridgehead atoms. The first kappa shape index (κ1) is 18.4. The molecule has 1 aliphatic carbocycles. The summed E-state index contributed by atoms with van der Waals surface area (Å²) in [6.45, 7) is 1.68. The lowest BCUT2D eigenvalue weighted by Crippen LogP contribution is -2.30. The van der Waals surface area contributed by atoms with E-state index in [-0.39, 0.29) is 11.4 Å². The van der Waals surface area contributed by atoms with Crippen LogP contribution in [0.3, 0.4) is 0 Å². The number of nitro benzene ring substituents is 1. The number of non-ortho nitro benzene ring substituents is 1. The molecule has 8 nitrogen and oxygen atoms in total. The Morgan fingerprint density at radius 3 is 2.56 bits per heavy atom. The summed E-state index contributed by atoms with van der Waals surface area (Å²) in [4.78, 5) is 33.3. The molecule has 1 aromatic carbocycles. The summed E-state index contributed by atoms with van der Waals surface area (Å²) in [7, 11) is 0. The van der Waals surface area contributed by atoms with Crippen molar-refractivity contribution in [3.63, 3.8) is 0 Å². The summed E-state index contributed by atoms with van der Waals surface area (Å²) in [6.07, 6.45) is 3.85. The third kappa shape index (κ3) is 5.03. The fourth-order valence-electron chi connectivity index (χ4n) is 2.52. The maximum Gasteiger partial charge on any atom is 0.514 e. The molecule has 0 saturated heterocycles. The van der Waals surface area contributed by atoms with E-state index in [0.29, 0.717) is 25.7 Å². The number of nitro groups is 1. The van der Waals surface area contributed by atoms with Crippen molar-refractivity contribution in [1.29, 1.82) is 0 Å². The average molecular weight is 349 g/mol. The summed E-state index contributed by atoms with van der Waals surface area (Å²) >= 11 is 0. The molecule has 0 unspecified atom stereocenters. The van der Waals surface area contributed by atoms with Gasteiger partial charge >= 0.3 is 12.1 Å². The normalized spacial score (nSPS) is 23.2. The Hall–Kier alpha value is -2.90. The van der Waals surface area contributed by atoms with Gasteiger partial charge in [-0.25, -0.2) is 4.79 Å². The number of rotatable bonds is 4. The lowest BCUT2D eigenvalue weighted by atomic mass is 9.79. The predicted molar refractivity (Wildman–Crippen MR) is 87.3 cm³/mol. The van der Waals surface area contributed by atoms with Gasteiger partial charge in [-0.05, 0) is 50.8 Å². The molecule has 2 atom stereocenters. The molecule has 0 amide bonds. The molecule has 1 aliphatic rings. The first-order valence-electron chi connectivity index (χ1n) is 7.83. The highest BCUT2D eigenvalue weighted by molar-refractivity contribution is 5.74. The number of carboxylic acid groups (broad SMARTS) is 1. The Morgan fingerprint density at radius 1 is 1.28 bits per heavy atom. The van der Waals surface area contributed by atoms with Crippen molar-refractivity contribution >= 4 is 17.8 Å². The molecule has 0 spiro atoms. The minimum atomic E-state index is -0.943. The second kappa shape index (κ2) is 7.78. The molecule has 0 aromatic heterocycles. The summed E-state index contributed by atoms with van der Waals surface area (Å²) in [5.41, 5.74) is -0.967. The Balaban J connectivity index is 1.94. The molecule has 2 rings (SSSR count). The van der Waals surface area contributed by atoms with E-state index in [1.165, 1.54) is 24.3 Å². The van der Waals surface area contributed by atoms with E-state index in [1.807, 2.05) is 0 Å². The first-order chi connectivity index (χ1) is 11.8. The number of nitrogens with zero attached hydrogens (tertiary/aromatic N) is 1. The lowest BCUT2D eigenvalue weighted by molar-refractivity contribution is -0.384. The number of carbonyl (C=O) groups excluding carboxylic acids is 1. The number of allylic oxidation sites excluding steroid dienone is 1. The Kier molecular flexibility index (Phi) is 5.74. The third-order valence-electron chi connectivity index (χ3n) is 4.21. The zero-order valence-corrected chi connectivity index (χ0v) is 13.7. The second-order valence-electron chi connectivity index (χ2n) is 6.13. The number of benzene rings is 1. The first-order valence-corrected chi connectivity index (χ1v) is 7.83. The Labute approximate surface area is 144 Å². The van der Waals surface area contributed by atoms with Crippen LogP contribution in [0.4, 0.5) is 10.5 Å². The van der Waals surface area contributed by atoms with Gasteiger partial charge in [0.2, 0.25) is 0 Å². The number of hydrogen-bond acceptors (Lipinski definition) is 6. The van der Waals surface area contributed by atoms with Gasteiger partial charge < -0.3 is 14.6 Å². The van der Waals surface area contributed by atoms with Crippen molar-refractivity contribution in [3.8, 4) is 5.75 Å². The molecule has 0 heterocycles. The minimum absolute atomic E-state index is 0.114. The quantitative estimate of drug-likeness (QED) is 0.289. The van der Waals surface area contributed by atoms with E-state index in [4.69, 9.17) is 9.47 Å². The van der Waals surface area contributed by atoms with Gasteiger partial charge in [0.25, 0.3) is 5.69 Å². The maximum atomic E-state index is 11.9. The van der Waals surface area contributed by atoms with Crippen molar-refractivity contribution in [2.75, 3.05) is 0 Å². The molecule has 0 fully saturated rings. The van der Waals surface area contributed by atoms with E-state index < -0.39 is 28.6 Å². The summed E-state index contributed by atoms with van der Waals surface area (Å²) in [6, 6.07) is 5.04. The monoisotopic (exact) mass is 349 g/mol. The molecule has 0 saturated carbocycles. The molecule has 1 aromatic rings. The fraction of sp³-hybridized carbons (Fsp3) is 0.412. The van der Waals surface area contributed by atoms with Crippen LogP contribution in [0.5, 0.6) is 5.75 Å². The van der Waals surface area contributed by atoms with Crippen LogP contribution in [0.2, 0.25) is 0 Å². The van der Waals surface area contributed by atoms with E-state index in [1.54, 1.807) is 19.1 Å². The number of ether oxygens (including phenoxy) is 2. The SMILES string of the molecule is C[C@@]1(C(=O)O)CCC=C[C@H](OC(=O)Oc2ccc([N+](=O)[O-])cc2)CC1. The van der Waals surface area contributed by atoms with Crippen LogP contribution in [-0.4, -0.2) is 28.3 Å². The van der Waals surface area contributed by atoms with Gasteiger partial charge in [0.15, 0.2) is 0 Å². The zero-order valence-electron chi connectivity index (χ0n) is 13.7. The molecular formula is C17H19NO7. The standard InChI is InChI=1S/C17H19NO7/c1-17(15(19)20)10-3-2-4-13(9-11-17)24-16(21)25-14-7-5-12(6-8-14)18(22)23/h2,4-8,13H,3,9-11H2,1H3,(H,19,20)/t13-,17+/m0/s1. The smallest absolute Gasteiger partial charge is 0.481 e. The number of aliphatic carboxylic acids is 1. The highest BCUT2D eigenvalue weighted by Gasteiger charge is 2.34. The van der Waals surface area contributed by atoms with Crippen molar-refractivity contribution in [2.24, 2.45) is 5.41 Å². The molecule has 0 radical (unpaired) electrons. The number of hydrogen-bond donors (Lipinski definition) is 1. The van der Waals surface area contributed by atoms with E-state index >= 15 is 0 Å². The topological polar surface area (TPSA) is 116 Å². The minimum Gasteiger partial charge on any atom is -0.481 e. The number of carbonyl (C=O) groups is 2. The van der Waals surface area contributed by atoms with Gasteiger partial charge in [0.05, 0.1) is 10.3 Å². The van der Waals surface area contributed by atoms with Crippen LogP contribution < -0.4 is 4.74 Å². The van der Waals surface area contributed by atoms with Crippen LogP contribution in [-0.2, 0) is 9.53 Å². The van der Waals surface area contributed by atoms with Gasteiger partial charge in [0, 0.05) is 12.1 Å². The Morgan fingerprint density at radius 2 is 1.96 bits per heavy atom. The zero-order chi connectivity index (χ0) is 18.4.